The molecule has 0 saturated carbocycles. The number of ether oxygens (including phenoxy) is 1. The maximum absolute atomic E-state index is 12.4. The molecular weight excluding hydrogens is 264 g/mol. The molecule has 0 bridgehead atoms. The fraction of sp³-hybridized carbons (Fsp3) is 0.588. The molecular formula is C17H26N2O2. The van der Waals surface area contributed by atoms with Crippen molar-refractivity contribution in [2.24, 2.45) is 0 Å². The molecule has 2 rings (SSSR count). The minimum Gasteiger partial charge on any atom is -0.491 e. The van der Waals surface area contributed by atoms with Gasteiger partial charge in [-0.3, -0.25) is 4.79 Å². The number of nitrogens with one attached hydrogen (secondary N) is 1. The molecule has 116 valence electrons. The Kier molecular flexibility index (Phi) is 6.05. The number of rotatable bonds is 5. The van der Waals surface area contributed by atoms with Crippen LogP contribution in [0.1, 0.15) is 31.2 Å². The molecule has 1 aromatic carbocycles. The standard InChI is InChI=1S/C17H26N2O2/c1-14-8-5-6-10-16(14)21-13-12-19(2)17(20)15-9-4-3-7-11-18-15/h5-6,8,10,15,18H,3-4,7,9,11-13H2,1-2H3. The smallest absolute Gasteiger partial charge is 0.239 e. The van der Waals surface area contributed by atoms with Crippen LogP contribution in [0, 0.1) is 6.92 Å². The van der Waals surface area contributed by atoms with Gasteiger partial charge in [-0.15, -0.1) is 0 Å². The molecule has 1 amide bonds. The summed E-state index contributed by atoms with van der Waals surface area (Å²) in [5, 5.41) is 3.35. The number of aryl methyl sites for hydroxylation is 1. The molecule has 1 atom stereocenters. The van der Waals surface area contributed by atoms with Gasteiger partial charge in [-0.25, -0.2) is 0 Å². The van der Waals surface area contributed by atoms with Crippen LogP contribution in [0.15, 0.2) is 24.3 Å². The predicted molar refractivity (Wildman–Crippen MR) is 84.6 cm³/mol. The third-order valence-corrected chi connectivity index (χ3v) is 4.01. The number of nitrogens with zero attached hydrogens (tertiary/aromatic N) is 1. The molecule has 0 radical (unpaired) electrons. The third-order valence-electron chi connectivity index (χ3n) is 4.01. The highest BCUT2D eigenvalue weighted by molar-refractivity contribution is 5.81. The van der Waals surface area contributed by atoms with Gasteiger partial charge in [0.2, 0.25) is 5.91 Å². The molecule has 1 aromatic rings. The van der Waals surface area contributed by atoms with Crippen molar-refractivity contribution in [3.63, 3.8) is 0 Å². The SMILES string of the molecule is Cc1ccccc1OCCN(C)C(=O)C1CCCCCN1. The van der Waals surface area contributed by atoms with Crippen LogP contribution < -0.4 is 10.1 Å². The van der Waals surface area contributed by atoms with Crippen molar-refractivity contribution in [3.8, 4) is 5.75 Å². The molecule has 1 saturated heterocycles. The number of carbonyl (C=O) groups excluding carboxylic acids is 1. The van der Waals surface area contributed by atoms with E-state index in [1.54, 1.807) is 4.90 Å². The molecule has 1 fully saturated rings. The van der Waals surface area contributed by atoms with Gasteiger partial charge in [0.05, 0.1) is 12.6 Å². The van der Waals surface area contributed by atoms with Crippen molar-refractivity contribution in [2.45, 2.75) is 38.6 Å². The Balaban J connectivity index is 1.77. The van der Waals surface area contributed by atoms with E-state index in [0.29, 0.717) is 13.2 Å². The summed E-state index contributed by atoms with van der Waals surface area (Å²) in [4.78, 5) is 14.1. The Hall–Kier alpha value is -1.55. The maximum Gasteiger partial charge on any atom is 0.239 e. The molecule has 1 heterocycles. The van der Waals surface area contributed by atoms with E-state index in [1.807, 2.05) is 38.2 Å². The van der Waals surface area contributed by atoms with Crippen LogP contribution in [0.3, 0.4) is 0 Å². The first-order chi connectivity index (χ1) is 10.2. The first kappa shape index (κ1) is 15.8. The Morgan fingerprint density at radius 1 is 1.33 bits per heavy atom. The van der Waals surface area contributed by atoms with Crippen LogP contribution in [-0.2, 0) is 4.79 Å². The van der Waals surface area contributed by atoms with Gasteiger partial charge in [-0.05, 0) is 37.9 Å². The topological polar surface area (TPSA) is 41.6 Å². The van der Waals surface area contributed by atoms with E-state index in [1.165, 1.54) is 12.8 Å². The Labute approximate surface area is 127 Å². The van der Waals surface area contributed by atoms with Gasteiger partial charge in [-0.2, -0.15) is 0 Å². The lowest BCUT2D eigenvalue weighted by atomic mass is 10.1. The fourth-order valence-corrected chi connectivity index (χ4v) is 2.63. The van der Waals surface area contributed by atoms with Crippen LogP contribution in [0.2, 0.25) is 0 Å². The number of hydrogen-bond donors (Lipinski definition) is 1. The van der Waals surface area contributed by atoms with E-state index in [9.17, 15) is 4.79 Å². The largest absolute Gasteiger partial charge is 0.491 e. The zero-order valence-electron chi connectivity index (χ0n) is 13.1. The van der Waals surface area contributed by atoms with Crippen LogP contribution >= 0.6 is 0 Å². The van der Waals surface area contributed by atoms with Gasteiger partial charge in [-0.1, -0.05) is 31.0 Å². The van der Waals surface area contributed by atoms with Gasteiger partial charge in [0.25, 0.3) is 0 Å². The second-order valence-corrected chi connectivity index (χ2v) is 5.73. The van der Waals surface area contributed by atoms with Gasteiger partial charge in [0, 0.05) is 7.05 Å². The zero-order chi connectivity index (χ0) is 15.1. The first-order valence-electron chi connectivity index (χ1n) is 7.85. The summed E-state index contributed by atoms with van der Waals surface area (Å²) >= 11 is 0. The van der Waals surface area contributed by atoms with Crippen molar-refractivity contribution in [2.75, 3.05) is 26.7 Å². The summed E-state index contributed by atoms with van der Waals surface area (Å²) in [5.41, 5.74) is 1.12. The van der Waals surface area contributed by atoms with E-state index in [2.05, 4.69) is 5.32 Å². The molecule has 1 unspecified atom stereocenters. The number of carbonyl (C=O) groups is 1. The van der Waals surface area contributed by atoms with Crippen molar-refractivity contribution in [1.29, 1.82) is 0 Å². The lowest BCUT2D eigenvalue weighted by Gasteiger charge is -2.23. The average Bonchev–Trinajstić information content (AvgIpc) is 2.77. The number of amides is 1. The van der Waals surface area contributed by atoms with Gasteiger partial charge < -0.3 is 15.0 Å². The minimum absolute atomic E-state index is 0.0176. The van der Waals surface area contributed by atoms with Crippen LogP contribution in [0.4, 0.5) is 0 Å². The average molecular weight is 290 g/mol. The highest BCUT2D eigenvalue weighted by Crippen LogP contribution is 2.16. The molecule has 0 spiro atoms. The van der Waals surface area contributed by atoms with E-state index in [-0.39, 0.29) is 11.9 Å². The molecule has 4 heteroatoms. The lowest BCUT2D eigenvalue weighted by Crippen LogP contribution is -2.45. The summed E-state index contributed by atoms with van der Waals surface area (Å²) in [6.07, 6.45) is 4.47. The second kappa shape index (κ2) is 8.03. The minimum atomic E-state index is -0.0176. The van der Waals surface area contributed by atoms with Crippen molar-refractivity contribution < 1.29 is 9.53 Å². The van der Waals surface area contributed by atoms with Gasteiger partial charge in [0.15, 0.2) is 0 Å². The van der Waals surface area contributed by atoms with Crippen molar-refractivity contribution in [1.82, 2.24) is 10.2 Å². The predicted octanol–water partition coefficient (Wildman–Crippen LogP) is 2.36. The maximum atomic E-state index is 12.4. The molecule has 0 aromatic heterocycles. The number of likely N-dealkylation sites (N-methyl/N-ethyl adjacent to an activating group) is 1. The Bertz CT molecular complexity index is 454. The van der Waals surface area contributed by atoms with Gasteiger partial charge >= 0.3 is 0 Å². The normalized spacial score (nSPS) is 18.9. The monoisotopic (exact) mass is 290 g/mol. The summed E-state index contributed by atoms with van der Waals surface area (Å²) in [7, 11) is 1.86. The van der Waals surface area contributed by atoms with E-state index in [0.717, 1.165) is 30.7 Å². The summed E-state index contributed by atoms with van der Waals surface area (Å²) in [6, 6.07) is 7.93. The molecule has 4 nitrogen and oxygen atoms in total. The van der Waals surface area contributed by atoms with E-state index < -0.39 is 0 Å². The third kappa shape index (κ3) is 4.74. The number of hydrogen-bond acceptors (Lipinski definition) is 3. The van der Waals surface area contributed by atoms with Gasteiger partial charge in [0.1, 0.15) is 12.4 Å². The second-order valence-electron chi connectivity index (χ2n) is 5.73. The highest BCUT2D eigenvalue weighted by atomic mass is 16.5. The summed E-state index contributed by atoms with van der Waals surface area (Å²) in [6.45, 7) is 4.12. The summed E-state index contributed by atoms with van der Waals surface area (Å²) in [5.74, 6) is 1.08. The molecule has 0 aliphatic carbocycles. The Morgan fingerprint density at radius 2 is 2.14 bits per heavy atom. The van der Waals surface area contributed by atoms with E-state index in [4.69, 9.17) is 4.74 Å². The molecule has 1 aliphatic heterocycles. The highest BCUT2D eigenvalue weighted by Gasteiger charge is 2.22. The summed E-state index contributed by atoms with van der Waals surface area (Å²) < 4.78 is 5.76. The van der Waals surface area contributed by atoms with Crippen molar-refractivity contribution in [3.05, 3.63) is 29.8 Å². The quantitative estimate of drug-likeness (QED) is 0.905. The lowest BCUT2D eigenvalue weighted by molar-refractivity contribution is -0.132. The first-order valence-corrected chi connectivity index (χ1v) is 7.85. The number of para-hydroxylation sites is 1. The van der Waals surface area contributed by atoms with Crippen LogP contribution in [-0.4, -0.2) is 43.6 Å². The molecule has 21 heavy (non-hydrogen) atoms. The van der Waals surface area contributed by atoms with E-state index >= 15 is 0 Å². The Morgan fingerprint density at radius 3 is 2.95 bits per heavy atom. The molecule has 1 aliphatic rings. The fourth-order valence-electron chi connectivity index (χ4n) is 2.63. The van der Waals surface area contributed by atoms with Crippen molar-refractivity contribution >= 4 is 5.91 Å². The van der Waals surface area contributed by atoms with Crippen LogP contribution in [0.5, 0.6) is 5.75 Å². The van der Waals surface area contributed by atoms with Crippen LogP contribution in [0.25, 0.3) is 0 Å². The molecule has 1 N–H and O–H groups in total. The number of benzene rings is 1. The zero-order valence-corrected chi connectivity index (χ0v) is 13.1.